The van der Waals surface area contributed by atoms with Gasteiger partial charge in [0.2, 0.25) is 0 Å². The van der Waals surface area contributed by atoms with E-state index in [2.05, 4.69) is 0 Å². The van der Waals surface area contributed by atoms with Gasteiger partial charge in [-0.15, -0.1) is 0 Å². The van der Waals surface area contributed by atoms with Crippen LogP contribution in [0.15, 0.2) is 32.3 Å². The number of benzene rings is 1. The lowest BCUT2D eigenvalue weighted by molar-refractivity contribution is 0.276. The zero-order valence-corrected chi connectivity index (χ0v) is 9.35. The number of aromatic nitrogens is 2. The molecule has 0 N–H and O–H groups in total. The summed E-state index contributed by atoms with van der Waals surface area (Å²) in [5.74, 6) is -0.662. The average Bonchev–Trinajstić information content (AvgIpc) is 2.44. The predicted molar refractivity (Wildman–Crippen MR) is 59.0 cm³/mol. The lowest BCUT2D eigenvalue weighted by Gasteiger charge is -2.06. The monoisotopic (exact) mass is 220 g/mol. The summed E-state index contributed by atoms with van der Waals surface area (Å²) in [5, 5.41) is 0. The lowest BCUT2D eigenvalue weighted by atomic mass is 10.1. The van der Waals surface area contributed by atoms with Gasteiger partial charge in [0.05, 0.1) is 12.7 Å². The molecule has 0 saturated carbocycles. The maximum absolute atomic E-state index is 11.7. The number of rotatable bonds is 1. The molecule has 84 valence electrons. The summed E-state index contributed by atoms with van der Waals surface area (Å²) in [4.78, 5) is 23.3. The molecule has 0 aliphatic heterocycles. The number of nitrogens with zero attached hydrogens (tertiary/aromatic N) is 2. The Morgan fingerprint density at radius 3 is 2.12 bits per heavy atom. The molecule has 5 nitrogen and oxygen atoms in total. The molecule has 0 atom stereocenters. The summed E-state index contributed by atoms with van der Waals surface area (Å²) in [6.45, 7) is 3.70. The Kier molecular flexibility index (Phi) is 2.30. The van der Waals surface area contributed by atoms with Crippen molar-refractivity contribution in [2.45, 2.75) is 13.8 Å². The fourth-order valence-electron chi connectivity index (χ4n) is 1.76. The van der Waals surface area contributed by atoms with Gasteiger partial charge >= 0.3 is 11.4 Å². The maximum atomic E-state index is 11.7. The van der Waals surface area contributed by atoms with E-state index in [1.54, 1.807) is 0 Å². The van der Waals surface area contributed by atoms with Crippen molar-refractivity contribution in [1.82, 2.24) is 9.31 Å². The standard InChI is InChI=1S/C11H12N2O3/c1-7-5-4-6-8(2)9(7)13-10(14)12(3)16-11(13)15/h4-6H,1-3H3. The molecule has 1 aromatic heterocycles. The average molecular weight is 220 g/mol. The zero-order valence-electron chi connectivity index (χ0n) is 9.35. The van der Waals surface area contributed by atoms with E-state index in [9.17, 15) is 9.59 Å². The van der Waals surface area contributed by atoms with E-state index in [1.807, 2.05) is 32.0 Å². The van der Waals surface area contributed by atoms with Crippen LogP contribution in [0, 0.1) is 13.8 Å². The number of aryl methyl sites for hydroxylation is 3. The second-order valence-electron chi connectivity index (χ2n) is 3.71. The van der Waals surface area contributed by atoms with Crippen LogP contribution in [0.3, 0.4) is 0 Å². The van der Waals surface area contributed by atoms with Gasteiger partial charge in [-0.2, -0.15) is 9.31 Å². The highest BCUT2D eigenvalue weighted by Crippen LogP contribution is 2.15. The molecule has 0 saturated heterocycles. The van der Waals surface area contributed by atoms with Crippen molar-refractivity contribution >= 4 is 0 Å². The molecule has 1 aromatic carbocycles. The molecule has 0 aliphatic rings. The van der Waals surface area contributed by atoms with Gasteiger partial charge in [-0.25, -0.2) is 9.59 Å². The van der Waals surface area contributed by atoms with Crippen LogP contribution in [0.4, 0.5) is 0 Å². The Labute approximate surface area is 91.5 Å². The first-order valence-electron chi connectivity index (χ1n) is 4.88. The quantitative estimate of drug-likeness (QED) is 0.712. The van der Waals surface area contributed by atoms with Crippen LogP contribution in [0.1, 0.15) is 11.1 Å². The second-order valence-corrected chi connectivity index (χ2v) is 3.71. The zero-order chi connectivity index (χ0) is 11.9. The fourth-order valence-corrected chi connectivity index (χ4v) is 1.76. The van der Waals surface area contributed by atoms with E-state index >= 15 is 0 Å². The summed E-state index contributed by atoms with van der Waals surface area (Å²) < 4.78 is 6.69. The van der Waals surface area contributed by atoms with Gasteiger partial charge in [-0.05, 0) is 25.0 Å². The first kappa shape index (κ1) is 10.5. The topological polar surface area (TPSA) is 57.1 Å². The van der Waals surface area contributed by atoms with Crippen LogP contribution in [0.25, 0.3) is 5.69 Å². The second kappa shape index (κ2) is 3.52. The van der Waals surface area contributed by atoms with E-state index in [4.69, 9.17) is 4.52 Å². The van der Waals surface area contributed by atoms with E-state index in [0.29, 0.717) is 5.69 Å². The minimum absolute atomic E-state index is 0.470. The van der Waals surface area contributed by atoms with Gasteiger partial charge in [0.25, 0.3) is 0 Å². The molecule has 0 fully saturated rings. The molecule has 16 heavy (non-hydrogen) atoms. The Hall–Kier alpha value is -2.04. The summed E-state index contributed by atoms with van der Waals surface area (Å²) >= 11 is 0. The molecule has 0 spiro atoms. The molecule has 0 bridgehead atoms. The first-order chi connectivity index (χ1) is 7.52. The van der Waals surface area contributed by atoms with E-state index in [0.717, 1.165) is 20.4 Å². The Morgan fingerprint density at radius 1 is 1.12 bits per heavy atom. The highest BCUT2D eigenvalue weighted by molar-refractivity contribution is 5.46. The summed E-state index contributed by atoms with van der Waals surface area (Å²) in [6, 6.07) is 5.58. The molecule has 0 aliphatic carbocycles. The molecular formula is C11H12N2O3. The van der Waals surface area contributed by atoms with Crippen LogP contribution >= 0.6 is 0 Å². The smallest absolute Gasteiger partial charge is 0.317 e. The maximum Gasteiger partial charge on any atom is 0.447 e. The lowest BCUT2D eigenvalue weighted by Crippen LogP contribution is -2.27. The van der Waals surface area contributed by atoms with Crippen LogP contribution < -0.4 is 11.4 Å². The van der Waals surface area contributed by atoms with Crippen molar-refractivity contribution in [3.63, 3.8) is 0 Å². The molecule has 0 unspecified atom stereocenters. The van der Waals surface area contributed by atoms with Crippen molar-refractivity contribution in [3.05, 3.63) is 50.4 Å². The van der Waals surface area contributed by atoms with Gasteiger partial charge in [-0.1, -0.05) is 18.2 Å². The van der Waals surface area contributed by atoms with Crippen molar-refractivity contribution in [3.8, 4) is 5.69 Å². The largest absolute Gasteiger partial charge is 0.447 e. The highest BCUT2D eigenvalue weighted by atomic mass is 16.5. The van der Waals surface area contributed by atoms with Crippen molar-refractivity contribution in [1.29, 1.82) is 0 Å². The van der Waals surface area contributed by atoms with Gasteiger partial charge in [-0.3, -0.25) is 0 Å². The highest BCUT2D eigenvalue weighted by Gasteiger charge is 2.14. The van der Waals surface area contributed by atoms with Crippen LogP contribution in [0.2, 0.25) is 0 Å². The SMILES string of the molecule is Cc1cccc(C)c1-n1c(=O)on(C)c1=O. The first-order valence-corrected chi connectivity index (χ1v) is 4.88. The molecule has 2 aromatic rings. The van der Waals surface area contributed by atoms with Gasteiger partial charge in [0.1, 0.15) is 0 Å². The van der Waals surface area contributed by atoms with Crippen molar-refractivity contribution in [2.24, 2.45) is 7.05 Å². The Morgan fingerprint density at radius 2 is 1.69 bits per heavy atom. The summed E-state index contributed by atoms with van der Waals surface area (Å²) in [7, 11) is 1.41. The molecule has 5 heteroatoms. The summed E-state index contributed by atoms with van der Waals surface area (Å²) in [6.07, 6.45) is 0. The Balaban J connectivity index is 2.88. The Bertz CT molecular complexity index is 626. The fraction of sp³-hybridized carbons (Fsp3) is 0.273. The van der Waals surface area contributed by atoms with E-state index in [-0.39, 0.29) is 0 Å². The van der Waals surface area contributed by atoms with Crippen LogP contribution in [0.5, 0.6) is 0 Å². The van der Waals surface area contributed by atoms with Gasteiger partial charge < -0.3 is 4.52 Å². The van der Waals surface area contributed by atoms with Crippen LogP contribution in [-0.4, -0.2) is 9.31 Å². The van der Waals surface area contributed by atoms with E-state index in [1.165, 1.54) is 7.05 Å². The van der Waals surface area contributed by atoms with Crippen molar-refractivity contribution < 1.29 is 4.52 Å². The minimum atomic E-state index is -0.662. The van der Waals surface area contributed by atoms with E-state index < -0.39 is 11.4 Å². The number of para-hydroxylation sites is 1. The molecular weight excluding hydrogens is 208 g/mol. The third-order valence-corrected chi connectivity index (χ3v) is 2.52. The molecule has 2 rings (SSSR count). The van der Waals surface area contributed by atoms with Gasteiger partial charge in [0.15, 0.2) is 0 Å². The third-order valence-electron chi connectivity index (χ3n) is 2.52. The summed E-state index contributed by atoms with van der Waals surface area (Å²) in [5.41, 5.74) is 1.85. The minimum Gasteiger partial charge on any atom is -0.317 e. The number of hydrogen-bond acceptors (Lipinski definition) is 3. The number of hydrogen-bond donors (Lipinski definition) is 0. The van der Waals surface area contributed by atoms with Crippen molar-refractivity contribution in [2.75, 3.05) is 0 Å². The molecule has 1 heterocycles. The third kappa shape index (κ3) is 1.41. The predicted octanol–water partition coefficient (Wildman–Crippen LogP) is 0.746. The molecule has 0 amide bonds. The molecule has 0 radical (unpaired) electrons. The van der Waals surface area contributed by atoms with Gasteiger partial charge in [0, 0.05) is 0 Å². The normalized spacial score (nSPS) is 10.7. The van der Waals surface area contributed by atoms with Crippen LogP contribution in [-0.2, 0) is 7.05 Å².